The second-order valence-corrected chi connectivity index (χ2v) is 7.62. The summed E-state index contributed by atoms with van der Waals surface area (Å²) in [5, 5.41) is 0.462. The van der Waals surface area contributed by atoms with E-state index in [0.717, 1.165) is 8.78 Å². The summed E-state index contributed by atoms with van der Waals surface area (Å²) in [6.07, 6.45) is 0. The highest BCUT2D eigenvalue weighted by atomic mass is 79.9. The summed E-state index contributed by atoms with van der Waals surface area (Å²) in [4.78, 5) is 11.3. The van der Waals surface area contributed by atoms with Gasteiger partial charge in [0.05, 0.1) is 10.6 Å². The molecule has 0 fully saturated rings. The number of anilines is 1. The van der Waals surface area contributed by atoms with Crippen molar-refractivity contribution in [3.05, 3.63) is 58.0 Å². The van der Waals surface area contributed by atoms with Gasteiger partial charge < -0.3 is 5.73 Å². The van der Waals surface area contributed by atoms with Crippen molar-refractivity contribution in [1.82, 2.24) is 0 Å². The molecule has 0 atom stereocenters. The molecule has 0 saturated heterocycles. The molecule has 0 spiro atoms. The van der Waals surface area contributed by atoms with E-state index >= 15 is 0 Å². The summed E-state index contributed by atoms with van der Waals surface area (Å²) in [5.41, 5.74) is 5.49. The van der Waals surface area contributed by atoms with Gasteiger partial charge in [-0.15, -0.1) is 0 Å². The number of hydrogen-bond donors (Lipinski definition) is 1. The van der Waals surface area contributed by atoms with Gasteiger partial charge in [0, 0.05) is 9.50 Å². The van der Waals surface area contributed by atoms with Crippen LogP contribution in [-0.2, 0) is 14.8 Å². The lowest BCUT2D eigenvalue weighted by atomic mass is 10.3. The summed E-state index contributed by atoms with van der Waals surface area (Å²) < 4.78 is 27.2. The van der Waals surface area contributed by atoms with Gasteiger partial charge in [-0.25, -0.2) is 8.42 Å². The van der Waals surface area contributed by atoms with Crippen LogP contribution in [0.5, 0.6) is 0 Å². The van der Waals surface area contributed by atoms with E-state index in [1.807, 2.05) is 0 Å². The smallest absolute Gasteiger partial charge is 0.264 e. The summed E-state index contributed by atoms with van der Waals surface area (Å²) in [5.74, 6) is -0.754. The highest BCUT2D eigenvalue weighted by molar-refractivity contribution is 9.10. The summed E-state index contributed by atoms with van der Waals surface area (Å²) >= 11 is 9.05. The maximum absolute atomic E-state index is 12.7. The van der Waals surface area contributed by atoms with Gasteiger partial charge in [-0.3, -0.25) is 9.10 Å². The van der Waals surface area contributed by atoms with E-state index in [0.29, 0.717) is 10.7 Å². The van der Waals surface area contributed by atoms with Crippen molar-refractivity contribution in [2.24, 2.45) is 5.73 Å². The van der Waals surface area contributed by atoms with Crippen LogP contribution in [0.1, 0.15) is 0 Å². The highest BCUT2D eigenvalue weighted by Crippen LogP contribution is 2.25. The standard InChI is InChI=1S/C14H12BrClN2O3S/c15-10-1-7-13(8-2-10)22(20,21)18(9-14(17)19)12-5-3-11(16)4-6-12/h1-8H,9H2,(H2,17,19). The zero-order valence-corrected chi connectivity index (χ0v) is 14.4. The summed E-state index contributed by atoms with van der Waals surface area (Å²) in [6.45, 7) is -0.458. The number of halogens is 2. The molecule has 1 amide bonds. The second kappa shape index (κ2) is 6.68. The van der Waals surface area contributed by atoms with Gasteiger partial charge in [0.15, 0.2) is 0 Å². The van der Waals surface area contributed by atoms with Crippen molar-refractivity contribution in [3.63, 3.8) is 0 Å². The average molecular weight is 404 g/mol. The number of primary amides is 1. The van der Waals surface area contributed by atoms with E-state index in [1.54, 1.807) is 24.3 Å². The molecule has 0 radical (unpaired) electrons. The third kappa shape index (κ3) is 3.79. The van der Waals surface area contributed by atoms with Gasteiger partial charge in [-0.2, -0.15) is 0 Å². The van der Waals surface area contributed by atoms with E-state index in [4.69, 9.17) is 17.3 Å². The molecule has 0 aliphatic heterocycles. The van der Waals surface area contributed by atoms with Crippen LogP contribution >= 0.6 is 27.5 Å². The fourth-order valence-corrected chi connectivity index (χ4v) is 3.62. The van der Waals surface area contributed by atoms with E-state index < -0.39 is 22.5 Å². The first-order chi connectivity index (χ1) is 10.3. The van der Waals surface area contributed by atoms with Crippen LogP contribution in [0.2, 0.25) is 5.02 Å². The zero-order valence-electron chi connectivity index (χ0n) is 11.2. The molecule has 0 aromatic heterocycles. The molecular weight excluding hydrogens is 392 g/mol. The Morgan fingerprint density at radius 2 is 1.64 bits per heavy atom. The van der Waals surface area contributed by atoms with E-state index in [2.05, 4.69) is 15.9 Å². The van der Waals surface area contributed by atoms with Gasteiger partial charge in [0.25, 0.3) is 10.0 Å². The number of carbonyl (C=O) groups excluding carboxylic acids is 1. The van der Waals surface area contributed by atoms with Crippen LogP contribution in [0.3, 0.4) is 0 Å². The van der Waals surface area contributed by atoms with Crippen molar-refractivity contribution in [1.29, 1.82) is 0 Å². The molecule has 0 aliphatic rings. The monoisotopic (exact) mass is 402 g/mol. The molecule has 0 saturated carbocycles. The topological polar surface area (TPSA) is 80.5 Å². The molecule has 2 N–H and O–H groups in total. The molecule has 8 heteroatoms. The molecule has 2 aromatic carbocycles. The highest BCUT2D eigenvalue weighted by Gasteiger charge is 2.26. The number of amides is 1. The quantitative estimate of drug-likeness (QED) is 0.833. The van der Waals surface area contributed by atoms with Gasteiger partial charge >= 0.3 is 0 Å². The number of hydrogen-bond acceptors (Lipinski definition) is 3. The maximum atomic E-state index is 12.7. The van der Waals surface area contributed by atoms with Crippen LogP contribution in [0.15, 0.2) is 57.9 Å². The largest absolute Gasteiger partial charge is 0.368 e. The van der Waals surface area contributed by atoms with Gasteiger partial charge in [0.2, 0.25) is 5.91 Å². The number of nitrogens with two attached hydrogens (primary N) is 1. The fraction of sp³-hybridized carbons (Fsp3) is 0.0714. The molecule has 0 bridgehead atoms. The number of rotatable bonds is 5. The van der Waals surface area contributed by atoms with E-state index in [1.165, 1.54) is 24.3 Å². The Morgan fingerprint density at radius 1 is 1.09 bits per heavy atom. The molecule has 22 heavy (non-hydrogen) atoms. The second-order valence-electron chi connectivity index (χ2n) is 4.41. The minimum Gasteiger partial charge on any atom is -0.368 e. The maximum Gasteiger partial charge on any atom is 0.264 e. The summed E-state index contributed by atoms with van der Waals surface area (Å²) in [6, 6.07) is 12.2. The molecule has 2 aromatic rings. The van der Waals surface area contributed by atoms with Crippen molar-refractivity contribution in [2.75, 3.05) is 10.8 Å². The first-order valence-corrected chi connectivity index (χ1v) is 8.74. The Balaban J connectivity index is 2.50. The van der Waals surface area contributed by atoms with Crippen molar-refractivity contribution in [3.8, 4) is 0 Å². The Bertz CT molecular complexity index is 777. The van der Waals surface area contributed by atoms with Crippen LogP contribution in [-0.4, -0.2) is 20.9 Å². The predicted octanol–water partition coefficient (Wildman–Crippen LogP) is 2.78. The lowest BCUT2D eigenvalue weighted by Crippen LogP contribution is -2.38. The first-order valence-electron chi connectivity index (χ1n) is 6.13. The normalized spacial score (nSPS) is 11.2. The molecule has 116 valence electrons. The van der Waals surface area contributed by atoms with Crippen molar-refractivity contribution < 1.29 is 13.2 Å². The molecule has 5 nitrogen and oxygen atoms in total. The Hall–Kier alpha value is -1.57. The SMILES string of the molecule is NC(=O)CN(c1ccc(Cl)cc1)S(=O)(=O)c1ccc(Br)cc1. The van der Waals surface area contributed by atoms with Gasteiger partial charge in [-0.1, -0.05) is 27.5 Å². The average Bonchev–Trinajstić information content (AvgIpc) is 2.46. The molecule has 0 unspecified atom stereocenters. The molecule has 0 aliphatic carbocycles. The Kier molecular flexibility index (Phi) is 5.10. The van der Waals surface area contributed by atoms with Crippen LogP contribution < -0.4 is 10.0 Å². The zero-order chi connectivity index (χ0) is 16.3. The van der Waals surface area contributed by atoms with Gasteiger partial charge in [-0.05, 0) is 48.5 Å². The minimum absolute atomic E-state index is 0.0619. The van der Waals surface area contributed by atoms with E-state index in [-0.39, 0.29) is 4.90 Å². The van der Waals surface area contributed by atoms with Crippen LogP contribution in [0.4, 0.5) is 5.69 Å². The molecular formula is C14H12BrClN2O3S. The third-order valence-electron chi connectivity index (χ3n) is 2.82. The lowest BCUT2D eigenvalue weighted by Gasteiger charge is -2.23. The van der Waals surface area contributed by atoms with E-state index in [9.17, 15) is 13.2 Å². The fourth-order valence-electron chi connectivity index (χ4n) is 1.80. The van der Waals surface area contributed by atoms with Gasteiger partial charge in [0.1, 0.15) is 6.54 Å². The van der Waals surface area contributed by atoms with Crippen molar-refractivity contribution >= 4 is 49.1 Å². The number of nitrogens with zero attached hydrogens (tertiary/aromatic N) is 1. The predicted molar refractivity (Wildman–Crippen MR) is 89.3 cm³/mol. The van der Waals surface area contributed by atoms with Crippen LogP contribution in [0, 0.1) is 0 Å². The molecule has 0 heterocycles. The Labute approximate surface area is 141 Å². The lowest BCUT2D eigenvalue weighted by molar-refractivity contribution is -0.116. The van der Waals surface area contributed by atoms with Crippen LogP contribution in [0.25, 0.3) is 0 Å². The first kappa shape index (κ1) is 16.8. The Morgan fingerprint density at radius 3 is 2.14 bits per heavy atom. The third-order valence-corrected chi connectivity index (χ3v) is 5.38. The number of sulfonamides is 1. The number of benzene rings is 2. The molecule has 2 rings (SSSR count). The summed E-state index contributed by atoms with van der Waals surface area (Å²) in [7, 11) is -3.91. The number of carbonyl (C=O) groups is 1. The van der Waals surface area contributed by atoms with Crippen molar-refractivity contribution in [2.45, 2.75) is 4.90 Å². The minimum atomic E-state index is -3.91.